The molecule has 0 radical (unpaired) electrons. The first-order chi connectivity index (χ1) is 12.3. The Labute approximate surface area is 172 Å². The quantitative estimate of drug-likeness (QED) is 0.337. The van der Waals surface area contributed by atoms with Crippen LogP contribution in [0, 0.1) is 6.92 Å². The molecule has 0 fully saturated rings. The Morgan fingerprint density at radius 2 is 1.88 bits per heavy atom. The van der Waals surface area contributed by atoms with E-state index in [1.807, 2.05) is 24.4 Å². The first-order valence-corrected chi connectivity index (χ1v) is 8.66. The van der Waals surface area contributed by atoms with E-state index in [0.717, 1.165) is 18.2 Å². The van der Waals surface area contributed by atoms with Crippen LogP contribution in [0.2, 0.25) is 0 Å². The molecule has 0 saturated heterocycles. The summed E-state index contributed by atoms with van der Waals surface area (Å²) in [5, 5.41) is 9.07. The number of nitrogens with zero attached hydrogens (tertiary/aromatic N) is 2. The van der Waals surface area contributed by atoms with Crippen LogP contribution in [0.4, 0.5) is 0 Å². The van der Waals surface area contributed by atoms with E-state index >= 15 is 0 Å². The third-order valence-corrected chi connectivity index (χ3v) is 4.03. The normalized spacial score (nSPS) is 11.1. The average Bonchev–Trinajstić information content (AvgIpc) is 2.64. The summed E-state index contributed by atoms with van der Waals surface area (Å²) in [6.07, 6.45) is 1.86. The van der Waals surface area contributed by atoms with Crippen molar-refractivity contribution in [3.8, 4) is 0 Å². The SMILES string of the molecule is CCNC(=NCc1cccc(C)c1)NCc1nccc2ccccc12.I. The number of rotatable bonds is 5. The smallest absolute Gasteiger partial charge is 0.191 e. The van der Waals surface area contributed by atoms with Crippen molar-refractivity contribution in [3.63, 3.8) is 0 Å². The summed E-state index contributed by atoms with van der Waals surface area (Å²) in [6.45, 7) is 6.28. The maximum atomic E-state index is 4.69. The fourth-order valence-corrected chi connectivity index (χ4v) is 2.81. The van der Waals surface area contributed by atoms with E-state index in [1.165, 1.54) is 21.9 Å². The summed E-state index contributed by atoms with van der Waals surface area (Å²) in [5.41, 5.74) is 3.49. The highest BCUT2D eigenvalue weighted by Crippen LogP contribution is 2.15. The molecule has 0 saturated carbocycles. The number of pyridine rings is 1. The Bertz CT molecular complexity index is 871. The Kier molecular flexibility index (Phi) is 7.84. The molecule has 2 N–H and O–H groups in total. The van der Waals surface area contributed by atoms with Gasteiger partial charge in [-0.25, -0.2) is 4.99 Å². The molecule has 0 aliphatic carbocycles. The molecule has 5 heteroatoms. The predicted octanol–water partition coefficient (Wildman–Crippen LogP) is 4.42. The maximum absolute atomic E-state index is 4.69. The standard InChI is InChI=1S/C21H24N4.HI/c1-3-22-21(24-14-17-8-6-7-16(2)13-17)25-15-20-19-10-5-4-9-18(19)11-12-23-20;/h4-13H,3,14-15H2,1-2H3,(H2,22,24,25);1H. The lowest BCUT2D eigenvalue weighted by molar-refractivity contribution is 0.804. The van der Waals surface area contributed by atoms with Gasteiger partial charge in [0.25, 0.3) is 0 Å². The van der Waals surface area contributed by atoms with Gasteiger partial charge < -0.3 is 10.6 Å². The molecule has 26 heavy (non-hydrogen) atoms. The number of aryl methyl sites for hydroxylation is 1. The van der Waals surface area contributed by atoms with Crippen LogP contribution >= 0.6 is 24.0 Å². The van der Waals surface area contributed by atoms with Gasteiger partial charge in [-0.2, -0.15) is 0 Å². The van der Waals surface area contributed by atoms with E-state index in [0.29, 0.717) is 13.1 Å². The summed E-state index contributed by atoms with van der Waals surface area (Å²) in [6, 6.07) is 18.8. The molecule has 0 bridgehead atoms. The van der Waals surface area contributed by atoms with Gasteiger partial charge in [0.05, 0.1) is 18.8 Å². The first-order valence-electron chi connectivity index (χ1n) is 8.66. The molecular formula is C21H25IN4. The lowest BCUT2D eigenvalue weighted by atomic mass is 10.1. The zero-order valence-corrected chi connectivity index (χ0v) is 17.5. The van der Waals surface area contributed by atoms with Gasteiger partial charge in [0, 0.05) is 18.1 Å². The van der Waals surface area contributed by atoms with Crippen molar-refractivity contribution in [2.24, 2.45) is 4.99 Å². The van der Waals surface area contributed by atoms with Gasteiger partial charge in [-0.05, 0) is 30.9 Å². The number of aliphatic imine (C=N–C) groups is 1. The summed E-state index contributed by atoms with van der Waals surface area (Å²) < 4.78 is 0. The van der Waals surface area contributed by atoms with Crippen LogP contribution in [-0.4, -0.2) is 17.5 Å². The van der Waals surface area contributed by atoms with Crippen LogP contribution in [0.5, 0.6) is 0 Å². The monoisotopic (exact) mass is 460 g/mol. The second kappa shape index (κ2) is 10.1. The van der Waals surface area contributed by atoms with Gasteiger partial charge in [-0.1, -0.05) is 54.1 Å². The number of halogens is 1. The second-order valence-corrected chi connectivity index (χ2v) is 6.02. The van der Waals surface area contributed by atoms with Gasteiger partial charge in [0.2, 0.25) is 0 Å². The molecule has 2 aromatic carbocycles. The highest BCUT2D eigenvalue weighted by molar-refractivity contribution is 14.0. The lowest BCUT2D eigenvalue weighted by Crippen LogP contribution is -2.37. The summed E-state index contributed by atoms with van der Waals surface area (Å²) in [7, 11) is 0. The second-order valence-electron chi connectivity index (χ2n) is 6.02. The highest BCUT2D eigenvalue weighted by atomic mass is 127. The molecule has 0 aliphatic rings. The molecule has 0 aliphatic heterocycles. The number of fused-ring (bicyclic) bond motifs is 1. The Hall–Kier alpha value is -2.15. The minimum Gasteiger partial charge on any atom is -0.357 e. The van der Waals surface area contributed by atoms with Gasteiger partial charge in [-0.3, -0.25) is 4.98 Å². The van der Waals surface area contributed by atoms with Crippen LogP contribution in [0.1, 0.15) is 23.7 Å². The van der Waals surface area contributed by atoms with Crippen molar-refractivity contribution in [1.82, 2.24) is 15.6 Å². The average molecular weight is 460 g/mol. The molecule has 1 aromatic heterocycles. The molecule has 0 amide bonds. The minimum absolute atomic E-state index is 0. The molecule has 136 valence electrons. The summed E-state index contributed by atoms with van der Waals surface area (Å²) in [5.74, 6) is 0.804. The number of aromatic nitrogens is 1. The van der Waals surface area contributed by atoms with Gasteiger partial charge >= 0.3 is 0 Å². The number of hydrogen-bond acceptors (Lipinski definition) is 2. The molecule has 0 spiro atoms. The lowest BCUT2D eigenvalue weighted by Gasteiger charge is -2.12. The van der Waals surface area contributed by atoms with E-state index in [9.17, 15) is 0 Å². The van der Waals surface area contributed by atoms with Crippen molar-refractivity contribution in [2.75, 3.05) is 6.54 Å². The zero-order valence-electron chi connectivity index (χ0n) is 15.2. The van der Waals surface area contributed by atoms with Crippen molar-refractivity contribution in [1.29, 1.82) is 0 Å². The fourth-order valence-electron chi connectivity index (χ4n) is 2.81. The van der Waals surface area contributed by atoms with Crippen molar-refractivity contribution < 1.29 is 0 Å². The van der Waals surface area contributed by atoms with Gasteiger partial charge in [-0.15, -0.1) is 24.0 Å². The molecule has 4 nitrogen and oxygen atoms in total. The van der Waals surface area contributed by atoms with Crippen molar-refractivity contribution in [2.45, 2.75) is 26.9 Å². The Morgan fingerprint density at radius 1 is 1.04 bits per heavy atom. The Morgan fingerprint density at radius 3 is 2.69 bits per heavy atom. The van der Waals surface area contributed by atoms with E-state index in [2.05, 4.69) is 70.9 Å². The summed E-state index contributed by atoms with van der Waals surface area (Å²) in [4.78, 5) is 9.21. The van der Waals surface area contributed by atoms with E-state index in [-0.39, 0.29) is 24.0 Å². The first kappa shape index (κ1) is 20.2. The summed E-state index contributed by atoms with van der Waals surface area (Å²) >= 11 is 0. The van der Waals surface area contributed by atoms with E-state index in [4.69, 9.17) is 0 Å². The van der Waals surface area contributed by atoms with Crippen molar-refractivity contribution in [3.05, 3.63) is 77.6 Å². The number of benzene rings is 2. The third-order valence-electron chi connectivity index (χ3n) is 4.03. The van der Waals surface area contributed by atoms with E-state index < -0.39 is 0 Å². The van der Waals surface area contributed by atoms with Gasteiger partial charge in [0.15, 0.2) is 5.96 Å². The fraction of sp³-hybridized carbons (Fsp3) is 0.238. The number of nitrogens with one attached hydrogen (secondary N) is 2. The molecular weight excluding hydrogens is 435 g/mol. The Balaban J connectivity index is 0.00000243. The third kappa shape index (κ3) is 5.42. The van der Waals surface area contributed by atoms with Crippen LogP contribution in [0.15, 0.2) is 65.8 Å². The van der Waals surface area contributed by atoms with Crippen molar-refractivity contribution >= 4 is 40.7 Å². The number of guanidine groups is 1. The minimum atomic E-state index is 0. The largest absolute Gasteiger partial charge is 0.357 e. The zero-order chi connectivity index (χ0) is 17.5. The molecule has 3 rings (SSSR count). The molecule has 0 unspecified atom stereocenters. The van der Waals surface area contributed by atoms with Crippen LogP contribution in [0.25, 0.3) is 10.8 Å². The van der Waals surface area contributed by atoms with Crippen LogP contribution in [-0.2, 0) is 13.1 Å². The highest BCUT2D eigenvalue weighted by Gasteiger charge is 2.04. The molecule has 0 atom stereocenters. The van der Waals surface area contributed by atoms with Crippen LogP contribution in [0.3, 0.4) is 0 Å². The van der Waals surface area contributed by atoms with Crippen LogP contribution < -0.4 is 10.6 Å². The molecule has 1 heterocycles. The predicted molar refractivity (Wildman–Crippen MR) is 120 cm³/mol. The maximum Gasteiger partial charge on any atom is 0.191 e. The van der Waals surface area contributed by atoms with Gasteiger partial charge in [0.1, 0.15) is 0 Å². The topological polar surface area (TPSA) is 49.3 Å². The van der Waals surface area contributed by atoms with E-state index in [1.54, 1.807) is 0 Å². The number of hydrogen-bond donors (Lipinski definition) is 2. The molecule has 3 aromatic rings.